The van der Waals surface area contributed by atoms with E-state index in [9.17, 15) is 14.9 Å². The zero-order valence-electron chi connectivity index (χ0n) is 13.9. The predicted octanol–water partition coefficient (Wildman–Crippen LogP) is 2.15. The molecule has 9 heteroatoms. The molecule has 0 bridgehead atoms. The lowest BCUT2D eigenvalue weighted by atomic mass is 10.1. The Labute approximate surface area is 143 Å². The van der Waals surface area contributed by atoms with Gasteiger partial charge < -0.3 is 24.9 Å². The zero-order valence-corrected chi connectivity index (χ0v) is 13.9. The molecular weight excluding hydrogens is 328 g/mol. The summed E-state index contributed by atoms with van der Waals surface area (Å²) in [6.07, 6.45) is 0. The van der Waals surface area contributed by atoms with E-state index < -0.39 is 10.8 Å². The summed E-state index contributed by atoms with van der Waals surface area (Å²) >= 11 is 0. The quantitative estimate of drug-likeness (QED) is 0.656. The molecule has 1 aromatic heterocycles. The number of aromatic nitrogens is 2. The first-order valence-corrected chi connectivity index (χ1v) is 7.83. The number of ether oxygens (including phenoxy) is 2. The van der Waals surface area contributed by atoms with Gasteiger partial charge in [-0.05, 0) is 24.0 Å². The smallest absolute Gasteiger partial charge is 0.390 e. The topological polar surface area (TPSA) is 109 Å². The molecule has 1 N–H and O–H groups in total. The van der Waals surface area contributed by atoms with Gasteiger partial charge in [0.25, 0.3) is 0 Å². The number of aryl methyl sites for hydroxylation is 1. The molecule has 3 rings (SSSR count). The van der Waals surface area contributed by atoms with Gasteiger partial charge in [0.05, 0.1) is 29.3 Å². The minimum Gasteiger partial charge on any atom is -0.486 e. The van der Waals surface area contributed by atoms with Crippen molar-refractivity contribution in [1.82, 2.24) is 9.78 Å². The van der Waals surface area contributed by atoms with Crippen LogP contribution in [-0.4, -0.2) is 33.8 Å². The van der Waals surface area contributed by atoms with Crippen LogP contribution in [-0.2, 0) is 11.3 Å². The van der Waals surface area contributed by atoms with Gasteiger partial charge in [-0.15, -0.1) is 0 Å². The summed E-state index contributed by atoms with van der Waals surface area (Å²) in [6.45, 7) is 4.67. The normalized spacial score (nSPS) is 14.0. The number of fused-ring (bicyclic) bond motifs is 1. The third kappa shape index (κ3) is 3.70. The molecule has 0 aliphatic carbocycles. The van der Waals surface area contributed by atoms with E-state index in [0.29, 0.717) is 36.1 Å². The third-order valence-corrected chi connectivity index (χ3v) is 3.86. The third-order valence-electron chi connectivity index (χ3n) is 3.86. The highest BCUT2D eigenvalue weighted by atomic mass is 16.6. The van der Waals surface area contributed by atoms with E-state index in [1.165, 1.54) is 10.7 Å². The van der Waals surface area contributed by atoms with E-state index >= 15 is 0 Å². The molecule has 25 heavy (non-hydrogen) atoms. The molecule has 1 aliphatic heterocycles. The number of rotatable bonds is 5. The fourth-order valence-corrected chi connectivity index (χ4v) is 2.50. The van der Waals surface area contributed by atoms with Crippen molar-refractivity contribution >= 4 is 17.4 Å². The number of amides is 1. The lowest BCUT2D eigenvalue weighted by Crippen LogP contribution is -2.25. The zero-order chi connectivity index (χ0) is 18.0. The van der Waals surface area contributed by atoms with Crippen LogP contribution in [0.2, 0.25) is 0 Å². The molecular formula is C16H18N4O5. The highest BCUT2D eigenvalue weighted by Gasteiger charge is 2.21. The summed E-state index contributed by atoms with van der Waals surface area (Å²) in [6, 6.07) is 6.58. The number of hydrogen-bond acceptors (Lipinski definition) is 6. The van der Waals surface area contributed by atoms with Gasteiger partial charge in [-0.2, -0.15) is 4.68 Å². The van der Waals surface area contributed by atoms with E-state index in [-0.39, 0.29) is 18.3 Å². The van der Waals surface area contributed by atoms with Crippen LogP contribution in [0.1, 0.15) is 12.6 Å². The van der Waals surface area contributed by atoms with Crippen LogP contribution in [0.3, 0.4) is 0 Å². The first-order valence-electron chi connectivity index (χ1n) is 7.83. The minimum atomic E-state index is -0.552. The number of nitro groups is 1. The summed E-state index contributed by atoms with van der Waals surface area (Å²) in [5, 5.41) is 17.5. The van der Waals surface area contributed by atoms with E-state index in [4.69, 9.17) is 9.47 Å². The second-order valence-electron chi connectivity index (χ2n) is 5.83. The van der Waals surface area contributed by atoms with E-state index in [1.807, 2.05) is 0 Å². The van der Waals surface area contributed by atoms with Gasteiger partial charge in [0, 0.05) is 11.8 Å². The van der Waals surface area contributed by atoms with Gasteiger partial charge in [-0.25, -0.2) is 0 Å². The fourth-order valence-electron chi connectivity index (χ4n) is 2.50. The van der Waals surface area contributed by atoms with Crippen molar-refractivity contribution in [3.63, 3.8) is 0 Å². The van der Waals surface area contributed by atoms with Crippen LogP contribution < -0.4 is 14.8 Å². The van der Waals surface area contributed by atoms with Gasteiger partial charge in [0.1, 0.15) is 13.2 Å². The fraction of sp³-hybridized carbons (Fsp3) is 0.375. The van der Waals surface area contributed by atoms with Gasteiger partial charge in [0.15, 0.2) is 11.5 Å². The summed E-state index contributed by atoms with van der Waals surface area (Å²) in [7, 11) is 0. The second-order valence-corrected chi connectivity index (χ2v) is 5.83. The molecule has 0 radical (unpaired) electrons. The molecule has 1 unspecified atom stereocenters. The van der Waals surface area contributed by atoms with Gasteiger partial charge in [-0.1, -0.05) is 6.92 Å². The Morgan fingerprint density at radius 2 is 2.08 bits per heavy atom. The Bertz CT molecular complexity index is 817. The largest absolute Gasteiger partial charge is 0.486 e. The van der Waals surface area contributed by atoms with Gasteiger partial charge in [-0.3, -0.25) is 4.79 Å². The highest BCUT2D eigenvalue weighted by Crippen LogP contribution is 2.32. The van der Waals surface area contributed by atoms with Crippen LogP contribution in [0, 0.1) is 23.0 Å². The maximum Gasteiger partial charge on any atom is 0.390 e. The number of hydrogen-bond donors (Lipinski definition) is 1. The van der Waals surface area contributed by atoms with Crippen molar-refractivity contribution in [1.29, 1.82) is 0 Å². The van der Waals surface area contributed by atoms with Crippen molar-refractivity contribution in [2.24, 2.45) is 5.92 Å². The molecule has 9 nitrogen and oxygen atoms in total. The number of carbonyl (C=O) groups excluding carboxylic acids is 1. The summed E-state index contributed by atoms with van der Waals surface area (Å²) in [4.78, 5) is 22.6. The average Bonchev–Trinajstić information content (AvgIpc) is 2.96. The molecule has 2 heterocycles. The van der Waals surface area contributed by atoms with E-state index in [1.54, 1.807) is 32.0 Å². The van der Waals surface area contributed by atoms with Gasteiger partial charge in [0.2, 0.25) is 5.91 Å². The van der Waals surface area contributed by atoms with Crippen LogP contribution in [0.5, 0.6) is 11.5 Å². The summed E-state index contributed by atoms with van der Waals surface area (Å²) < 4.78 is 12.4. The first-order chi connectivity index (χ1) is 11.9. The van der Waals surface area contributed by atoms with Crippen LogP contribution >= 0.6 is 0 Å². The minimum absolute atomic E-state index is 0.214. The van der Waals surface area contributed by atoms with Crippen molar-refractivity contribution < 1.29 is 19.2 Å². The molecule has 132 valence electrons. The SMILES string of the molecule is Cc1cc([N+](=O)[O-])nn1CC(C)C(=O)Nc1ccc2c(c1)OCCO2. The molecule has 1 atom stereocenters. The second kappa shape index (κ2) is 6.80. The van der Waals surface area contributed by atoms with Crippen molar-refractivity contribution in [3.05, 3.63) is 40.1 Å². The van der Waals surface area contributed by atoms with Crippen molar-refractivity contribution in [2.75, 3.05) is 18.5 Å². The first kappa shape index (κ1) is 16.7. The Kier molecular flexibility index (Phi) is 4.55. The van der Waals surface area contributed by atoms with E-state index in [0.717, 1.165) is 0 Å². The molecule has 0 fully saturated rings. The monoisotopic (exact) mass is 346 g/mol. The molecule has 0 saturated heterocycles. The van der Waals surface area contributed by atoms with Crippen molar-refractivity contribution in [3.8, 4) is 11.5 Å². The lowest BCUT2D eigenvalue weighted by Gasteiger charge is -2.19. The number of nitrogens with one attached hydrogen (secondary N) is 1. The summed E-state index contributed by atoms with van der Waals surface area (Å²) in [5.74, 6) is 0.379. The molecule has 1 amide bonds. The Balaban J connectivity index is 1.65. The maximum absolute atomic E-state index is 12.4. The highest BCUT2D eigenvalue weighted by molar-refractivity contribution is 5.92. The lowest BCUT2D eigenvalue weighted by molar-refractivity contribution is -0.389. The molecule has 2 aromatic rings. The van der Waals surface area contributed by atoms with Crippen LogP contribution in [0.4, 0.5) is 11.5 Å². The molecule has 0 spiro atoms. The number of carbonyl (C=O) groups is 1. The predicted molar refractivity (Wildman–Crippen MR) is 88.8 cm³/mol. The maximum atomic E-state index is 12.4. The number of benzene rings is 1. The number of nitrogens with zero attached hydrogens (tertiary/aromatic N) is 3. The standard InChI is InChI=1S/C16H18N4O5/c1-10(9-19-11(2)7-15(18-19)20(22)23)16(21)17-12-3-4-13-14(8-12)25-6-5-24-13/h3-4,7-8,10H,5-6,9H2,1-2H3,(H,17,21). The van der Waals surface area contributed by atoms with E-state index in [2.05, 4.69) is 10.4 Å². The average molecular weight is 346 g/mol. The van der Waals surface area contributed by atoms with Gasteiger partial charge >= 0.3 is 5.82 Å². The molecule has 1 aromatic carbocycles. The number of anilines is 1. The Morgan fingerprint density at radius 3 is 2.76 bits per heavy atom. The summed E-state index contributed by atoms with van der Waals surface area (Å²) in [5.41, 5.74) is 1.23. The Hall–Kier alpha value is -3.10. The van der Waals surface area contributed by atoms with Crippen LogP contribution in [0.25, 0.3) is 0 Å². The Morgan fingerprint density at radius 1 is 1.36 bits per heavy atom. The molecule has 0 saturated carbocycles. The molecule has 1 aliphatic rings. The van der Waals surface area contributed by atoms with Crippen LogP contribution in [0.15, 0.2) is 24.3 Å². The van der Waals surface area contributed by atoms with Crippen molar-refractivity contribution in [2.45, 2.75) is 20.4 Å².